The van der Waals surface area contributed by atoms with Crippen molar-refractivity contribution in [2.45, 2.75) is 24.5 Å². The number of aromatic nitrogens is 2. The van der Waals surface area contributed by atoms with Gasteiger partial charge in [-0.05, 0) is 30.7 Å². The van der Waals surface area contributed by atoms with Gasteiger partial charge in [-0.2, -0.15) is 18.3 Å². The fourth-order valence-corrected chi connectivity index (χ4v) is 3.82. The van der Waals surface area contributed by atoms with Crippen LogP contribution in [0, 0.1) is 6.92 Å². The summed E-state index contributed by atoms with van der Waals surface area (Å²) in [7, 11) is -4.08. The molecule has 0 aliphatic carbocycles. The average molecular weight is 395 g/mol. The van der Waals surface area contributed by atoms with E-state index in [1.54, 1.807) is 0 Å². The molecule has 27 heavy (non-hydrogen) atoms. The van der Waals surface area contributed by atoms with Crippen LogP contribution in [0.3, 0.4) is 0 Å². The molecule has 0 aliphatic rings. The second kappa shape index (κ2) is 7.07. The molecule has 0 atom stereocenters. The van der Waals surface area contributed by atoms with Crippen molar-refractivity contribution in [3.8, 4) is 0 Å². The third-order valence-electron chi connectivity index (χ3n) is 3.82. The lowest BCUT2D eigenvalue weighted by Crippen LogP contribution is -2.14. The number of sulfonamides is 1. The van der Waals surface area contributed by atoms with Crippen molar-refractivity contribution in [1.82, 2.24) is 9.78 Å². The molecule has 3 rings (SSSR count). The number of anilines is 1. The van der Waals surface area contributed by atoms with E-state index in [0.29, 0.717) is 6.54 Å². The molecular formula is C18H16F3N3O2S. The summed E-state index contributed by atoms with van der Waals surface area (Å²) in [6, 6.07) is 13.4. The van der Waals surface area contributed by atoms with Gasteiger partial charge in [-0.3, -0.25) is 9.40 Å². The highest BCUT2D eigenvalue weighted by atomic mass is 32.2. The summed E-state index contributed by atoms with van der Waals surface area (Å²) in [5.41, 5.74) is 0.0967. The van der Waals surface area contributed by atoms with E-state index in [4.69, 9.17) is 0 Å². The molecule has 0 radical (unpaired) electrons. The third kappa shape index (κ3) is 4.48. The van der Waals surface area contributed by atoms with Gasteiger partial charge in [0.2, 0.25) is 0 Å². The molecule has 9 heteroatoms. The predicted octanol–water partition coefficient (Wildman–Crippen LogP) is 4.06. The summed E-state index contributed by atoms with van der Waals surface area (Å²) in [4.78, 5) is -0.0872. The minimum absolute atomic E-state index is 0.0872. The van der Waals surface area contributed by atoms with Crippen molar-refractivity contribution >= 4 is 15.7 Å². The Bertz CT molecular complexity index is 1050. The maximum absolute atomic E-state index is 12.8. The molecule has 0 aliphatic heterocycles. The highest BCUT2D eigenvalue weighted by Crippen LogP contribution is 2.31. The molecule has 0 amide bonds. The quantitative estimate of drug-likeness (QED) is 0.709. The van der Waals surface area contributed by atoms with Crippen molar-refractivity contribution in [2.24, 2.45) is 0 Å². The first-order valence-corrected chi connectivity index (χ1v) is 9.41. The molecule has 0 bridgehead atoms. The van der Waals surface area contributed by atoms with E-state index in [1.165, 1.54) is 23.9 Å². The Hall–Kier alpha value is -2.81. The van der Waals surface area contributed by atoms with Gasteiger partial charge in [0.1, 0.15) is 4.90 Å². The first-order chi connectivity index (χ1) is 12.6. The van der Waals surface area contributed by atoms with Crippen molar-refractivity contribution in [3.05, 3.63) is 77.6 Å². The van der Waals surface area contributed by atoms with Crippen molar-refractivity contribution < 1.29 is 21.6 Å². The zero-order chi connectivity index (χ0) is 19.7. The molecule has 3 aromatic rings. The molecule has 0 saturated carbocycles. The second-order valence-corrected chi connectivity index (χ2v) is 7.60. The molecule has 2 aromatic carbocycles. The number of aryl methyl sites for hydroxylation is 1. The van der Waals surface area contributed by atoms with Gasteiger partial charge in [-0.25, -0.2) is 8.42 Å². The average Bonchev–Trinajstić information content (AvgIpc) is 2.96. The molecule has 0 fully saturated rings. The molecule has 1 aromatic heterocycles. The van der Waals surface area contributed by atoms with Crippen LogP contribution < -0.4 is 4.72 Å². The molecule has 0 spiro atoms. The first-order valence-electron chi connectivity index (χ1n) is 7.93. The topological polar surface area (TPSA) is 64.0 Å². The standard InChI is InChI=1S/C18H16F3N3O2S/c1-13-17(12-24(22-13)11-14-6-3-2-4-7-14)27(25,26)23-16-9-5-8-15(10-16)18(19,20)21/h2-10,12,23H,11H2,1H3. The minimum atomic E-state index is -4.56. The predicted molar refractivity (Wildman–Crippen MR) is 94.8 cm³/mol. The van der Waals surface area contributed by atoms with Gasteiger partial charge in [0.15, 0.2) is 0 Å². The van der Waals surface area contributed by atoms with E-state index < -0.39 is 21.8 Å². The van der Waals surface area contributed by atoms with Gasteiger partial charge >= 0.3 is 6.18 Å². The Kier molecular flexibility index (Phi) is 4.97. The summed E-state index contributed by atoms with van der Waals surface area (Å²) in [5.74, 6) is 0. The van der Waals surface area contributed by atoms with Crippen LogP contribution in [0.2, 0.25) is 0 Å². The number of nitrogens with zero attached hydrogens (tertiary/aromatic N) is 2. The zero-order valence-electron chi connectivity index (χ0n) is 14.2. The summed E-state index contributed by atoms with van der Waals surface area (Å²) >= 11 is 0. The van der Waals surface area contributed by atoms with Crippen LogP contribution in [0.4, 0.5) is 18.9 Å². The third-order valence-corrected chi connectivity index (χ3v) is 5.30. The molecule has 142 valence electrons. The van der Waals surface area contributed by atoms with Crippen LogP contribution in [0.25, 0.3) is 0 Å². The van der Waals surface area contributed by atoms with Gasteiger partial charge in [0, 0.05) is 11.9 Å². The lowest BCUT2D eigenvalue weighted by Gasteiger charge is -2.10. The normalized spacial score (nSPS) is 12.1. The largest absolute Gasteiger partial charge is 0.416 e. The molecular weight excluding hydrogens is 379 g/mol. The Morgan fingerprint density at radius 2 is 1.78 bits per heavy atom. The fourth-order valence-electron chi connectivity index (χ4n) is 2.58. The number of hydrogen-bond donors (Lipinski definition) is 1. The van der Waals surface area contributed by atoms with E-state index in [0.717, 1.165) is 23.8 Å². The number of alkyl halides is 3. The summed E-state index contributed by atoms with van der Waals surface area (Å²) in [6.07, 6.45) is -3.20. The summed E-state index contributed by atoms with van der Waals surface area (Å²) < 4.78 is 67.3. The van der Waals surface area contributed by atoms with Gasteiger partial charge in [0.05, 0.1) is 17.8 Å². The Morgan fingerprint density at radius 1 is 1.07 bits per heavy atom. The SMILES string of the molecule is Cc1nn(Cc2ccccc2)cc1S(=O)(=O)Nc1cccc(C(F)(F)F)c1. The van der Waals surface area contributed by atoms with E-state index in [2.05, 4.69) is 9.82 Å². The van der Waals surface area contributed by atoms with Gasteiger partial charge in [-0.15, -0.1) is 0 Å². The zero-order valence-corrected chi connectivity index (χ0v) is 15.1. The maximum Gasteiger partial charge on any atom is 0.416 e. The monoisotopic (exact) mass is 395 g/mol. The molecule has 1 heterocycles. The van der Waals surface area contributed by atoms with Crippen LogP contribution in [0.1, 0.15) is 16.8 Å². The molecule has 5 nitrogen and oxygen atoms in total. The number of rotatable bonds is 5. The highest BCUT2D eigenvalue weighted by Gasteiger charge is 2.31. The van der Waals surface area contributed by atoms with E-state index >= 15 is 0 Å². The molecule has 1 N–H and O–H groups in total. The van der Waals surface area contributed by atoms with Gasteiger partial charge < -0.3 is 0 Å². The number of nitrogens with one attached hydrogen (secondary N) is 1. The molecule has 0 saturated heterocycles. The summed E-state index contributed by atoms with van der Waals surface area (Å²) in [5, 5.41) is 4.19. The van der Waals surface area contributed by atoms with E-state index in [-0.39, 0.29) is 16.3 Å². The fraction of sp³-hybridized carbons (Fsp3) is 0.167. The Balaban J connectivity index is 1.85. The summed E-state index contributed by atoms with van der Waals surface area (Å²) in [6.45, 7) is 1.91. The van der Waals surface area contributed by atoms with Crippen LogP contribution in [0.15, 0.2) is 65.7 Å². The van der Waals surface area contributed by atoms with Gasteiger partial charge in [0.25, 0.3) is 10.0 Å². The van der Waals surface area contributed by atoms with Crippen LogP contribution in [-0.4, -0.2) is 18.2 Å². The van der Waals surface area contributed by atoms with Crippen LogP contribution in [-0.2, 0) is 22.7 Å². The minimum Gasteiger partial charge on any atom is -0.280 e. The van der Waals surface area contributed by atoms with Crippen molar-refractivity contribution in [3.63, 3.8) is 0 Å². The Morgan fingerprint density at radius 3 is 2.44 bits per heavy atom. The van der Waals surface area contributed by atoms with Crippen molar-refractivity contribution in [2.75, 3.05) is 4.72 Å². The van der Waals surface area contributed by atoms with Crippen molar-refractivity contribution in [1.29, 1.82) is 0 Å². The highest BCUT2D eigenvalue weighted by molar-refractivity contribution is 7.92. The second-order valence-electron chi connectivity index (χ2n) is 5.95. The first kappa shape index (κ1) is 19.0. The van der Waals surface area contributed by atoms with E-state index in [9.17, 15) is 21.6 Å². The lowest BCUT2D eigenvalue weighted by atomic mass is 10.2. The Labute approximate surface area is 154 Å². The van der Waals surface area contributed by atoms with Crippen LogP contribution >= 0.6 is 0 Å². The maximum atomic E-state index is 12.8. The van der Waals surface area contributed by atoms with Gasteiger partial charge in [-0.1, -0.05) is 36.4 Å². The number of hydrogen-bond acceptors (Lipinski definition) is 3. The van der Waals surface area contributed by atoms with Crippen LogP contribution in [0.5, 0.6) is 0 Å². The lowest BCUT2D eigenvalue weighted by molar-refractivity contribution is -0.137. The number of halogens is 3. The smallest absolute Gasteiger partial charge is 0.280 e. The van der Waals surface area contributed by atoms with E-state index in [1.807, 2.05) is 30.3 Å². The molecule has 0 unspecified atom stereocenters. The number of benzene rings is 2.